The van der Waals surface area contributed by atoms with Crippen LogP contribution in [0.2, 0.25) is 0 Å². The van der Waals surface area contributed by atoms with Crippen molar-refractivity contribution < 1.29 is 0 Å². The van der Waals surface area contributed by atoms with Gasteiger partial charge < -0.3 is 4.98 Å². The lowest BCUT2D eigenvalue weighted by Gasteiger charge is -1.90. The molecule has 0 atom stereocenters. The zero-order chi connectivity index (χ0) is 7.84. The number of aryl methyl sites for hydroxylation is 2. The van der Waals surface area contributed by atoms with Gasteiger partial charge in [-0.25, -0.2) is 4.98 Å². The van der Waals surface area contributed by atoms with Gasteiger partial charge in [0.05, 0.1) is 5.69 Å². The summed E-state index contributed by atoms with van der Waals surface area (Å²) in [4.78, 5) is 7.82. The second-order valence-corrected chi connectivity index (χ2v) is 3.31. The third-order valence-corrected chi connectivity index (χ3v) is 2.29. The summed E-state index contributed by atoms with van der Waals surface area (Å²) in [7, 11) is 0. The molecule has 60 valence electrons. The van der Waals surface area contributed by atoms with Crippen LogP contribution in [-0.4, -0.2) is 9.97 Å². The molecule has 1 aromatic heterocycles. The quantitative estimate of drug-likeness (QED) is 0.687. The van der Waals surface area contributed by atoms with E-state index in [0.717, 1.165) is 18.2 Å². The first-order valence-corrected chi connectivity index (χ1v) is 4.36. The summed E-state index contributed by atoms with van der Waals surface area (Å²) >= 11 is 0. The molecule has 2 heteroatoms. The lowest BCUT2D eigenvalue weighted by Crippen LogP contribution is -1.83. The van der Waals surface area contributed by atoms with E-state index in [0.29, 0.717) is 0 Å². The Morgan fingerprint density at radius 1 is 1.55 bits per heavy atom. The molecule has 2 nitrogen and oxygen atoms in total. The molecular formula is C9H14N2. The van der Waals surface area contributed by atoms with Gasteiger partial charge in [0.25, 0.3) is 0 Å². The van der Waals surface area contributed by atoms with E-state index < -0.39 is 0 Å². The normalized spacial score (nSPS) is 17.3. The summed E-state index contributed by atoms with van der Waals surface area (Å²) in [5.74, 6) is 1.95. The van der Waals surface area contributed by atoms with Gasteiger partial charge in [-0.2, -0.15) is 0 Å². The van der Waals surface area contributed by atoms with E-state index in [-0.39, 0.29) is 0 Å². The van der Waals surface area contributed by atoms with Crippen LogP contribution in [0.1, 0.15) is 42.9 Å². The van der Waals surface area contributed by atoms with Gasteiger partial charge in [-0.05, 0) is 19.8 Å². The van der Waals surface area contributed by atoms with E-state index in [4.69, 9.17) is 0 Å². The number of aromatic amines is 1. The third kappa shape index (κ3) is 1.17. The van der Waals surface area contributed by atoms with Crippen molar-refractivity contribution in [1.82, 2.24) is 9.97 Å². The van der Waals surface area contributed by atoms with Gasteiger partial charge in [-0.1, -0.05) is 6.92 Å². The van der Waals surface area contributed by atoms with Crippen LogP contribution in [0.15, 0.2) is 0 Å². The fourth-order valence-corrected chi connectivity index (χ4v) is 1.47. The number of rotatable bonds is 2. The molecule has 0 radical (unpaired) electrons. The van der Waals surface area contributed by atoms with Crippen LogP contribution in [0.5, 0.6) is 0 Å². The molecule has 1 saturated carbocycles. The van der Waals surface area contributed by atoms with Crippen molar-refractivity contribution in [3.63, 3.8) is 0 Å². The summed E-state index contributed by atoms with van der Waals surface area (Å²) in [6, 6.07) is 0. The van der Waals surface area contributed by atoms with Crippen molar-refractivity contribution >= 4 is 0 Å². The van der Waals surface area contributed by atoms with Crippen LogP contribution in [0, 0.1) is 6.92 Å². The van der Waals surface area contributed by atoms with Crippen LogP contribution >= 0.6 is 0 Å². The number of nitrogens with zero attached hydrogens (tertiary/aromatic N) is 1. The predicted octanol–water partition coefficient (Wildman–Crippen LogP) is 2.16. The predicted molar refractivity (Wildman–Crippen MR) is 44.7 cm³/mol. The van der Waals surface area contributed by atoms with Gasteiger partial charge in [0, 0.05) is 18.0 Å². The second-order valence-electron chi connectivity index (χ2n) is 3.31. The number of nitrogens with one attached hydrogen (secondary N) is 1. The summed E-state index contributed by atoms with van der Waals surface area (Å²) in [6.45, 7) is 4.23. The van der Waals surface area contributed by atoms with Gasteiger partial charge in [-0.15, -0.1) is 0 Å². The van der Waals surface area contributed by atoms with Crippen LogP contribution in [0.25, 0.3) is 0 Å². The minimum absolute atomic E-state index is 0.808. The molecule has 0 bridgehead atoms. The summed E-state index contributed by atoms with van der Waals surface area (Å²) in [5.41, 5.74) is 2.60. The number of H-pyrrole nitrogens is 1. The Morgan fingerprint density at radius 3 is 2.73 bits per heavy atom. The Balaban J connectivity index is 2.30. The smallest absolute Gasteiger partial charge is 0.106 e. The van der Waals surface area contributed by atoms with Crippen molar-refractivity contribution in [3.8, 4) is 0 Å². The zero-order valence-corrected chi connectivity index (χ0v) is 7.15. The van der Waals surface area contributed by atoms with E-state index in [1.807, 2.05) is 0 Å². The van der Waals surface area contributed by atoms with E-state index in [2.05, 4.69) is 23.8 Å². The van der Waals surface area contributed by atoms with Crippen molar-refractivity contribution in [2.45, 2.75) is 39.0 Å². The Kier molecular flexibility index (Phi) is 1.48. The van der Waals surface area contributed by atoms with Crippen molar-refractivity contribution in [3.05, 3.63) is 17.2 Å². The molecule has 1 N–H and O–H groups in total. The molecule has 1 heterocycles. The molecule has 0 spiro atoms. The summed E-state index contributed by atoms with van der Waals surface area (Å²) in [5, 5.41) is 0. The van der Waals surface area contributed by atoms with Crippen LogP contribution in [0.3, 0.4) is 0 Å². The first-order chi connectivity index (χ1) is 5.31. The molecule has 1 aliphatic carbocycles. The Morgan fingerprint density at radius 2 is 2.27 bits per heavy atom. The van der Waals surface area contributed by atoms with Crippen molar-refractivity contribution in [1.29, 1.82) is 0 Å². The monoisotopic (exact) mass is 150 g/mol. The molecule has 0 unspecified atom stereocenters. The van der Waals surface area contributed by atoms with Gasteiger partial charge >= 0.3 is 0 Å². The van der Waals surface area contributed by atoms with Gasteiger partial charge in [-0.3, -0.25) is 0 Å². The minimum atomic E-state index is 0.808. The van der Waals surface area contributed by atoms with E-state index in [9.17, 15) is 0 Å². The highest BCUT2D eigenvalue weighted by molar-refractivity contribution is 5.21. The largest absolute Gasteiger partial charge is 0.345 e. The topological polar surface area (TPSA) is 28.7 Å². The van der Waals surface area contributed by atoms with Gasteiger partial charge in [0.1, 0.15) is 5.82 Å². The van der Waals surface area contributed by atoms with Crippen LogP contribution in [-0.2, 0) is 6.42 Å². The molecule has 1 fully saturated rings. The molecular weight excluding hydrogens is 136 g/mol. The van der Waals surface area contributed by atoms with E-state index in [1.54, 1.807) is 0 Å². The average molecular weight is 150 g/mol. The second kappa shape index (κ2) is 2.36. The lowest BCUT2D eigenvalue weighted by molar-refractivity contribution is 0.958. The number of hydrogen-bond donors (Lipinski definition) is 1. The first-order valence-electron chi connectivity index (χ1n) is 4.36. The van der Waals surface area contributed by atoms with Crippen molar-refractivity contribution in [2.24, 2.45) is 0 Å². The maximum absolute atomic E-state index is 4.43. The Labute approximate surface area is 67.0 Å². The van der Waals surface area contributed by atoms with E-state index in [1.165, 1.54) is 24.2 Å². The zero-order valence-electron chi connectivity index (χ0n) is 7.15. The number of hydrogen-bond acceptors (Lipinski definition) is 1. The third-order valence-electron chi connectivity index (χ3n) is 2.29. The molecule has 2 rings (SSSR count). The lowest BCUT2D eigenvalue weighted by atomic mass is 10.2. The van der Waals surface area contributed by atoms with Gasteiger partial charge in [0.15, 0.2) is 0 Å². The molecule has 0 aliphatic heterocycles. The molecule has 1 aromatic rings. The highest BCUT2D eigenvalue weighted by Crippen LogP contribution is 2.40. The Bertz CT molecular complexity index is 259. The minimum Gasteiger partial charge on any atom is -0.345 e. The molecule has 11 heavy (non-hydrogen) atoms. The fourth-order valence-electron chi connectivity index (χ4n) is 1.47. The maximum atomic E-state index is 4.43. The van der Waals surface area contributed by atoms with Crippen molar-refractivity contribution in [2.75, 3.05) is 0 Å². The van der Waals surface area contributed by atoms with Crippen LogP contribution < -0.4 is 0 Å². The standard InChI is InChI=1S/C9H14N2/c1-3-8-10-6(2)9(11-8)7-4-5-7/h7H,3-5H2,1-2H3,(H,10,11). The fraction of sp³-hybridized carbons (Fsp3) is 0.667. The maximum Gasteiger partial charge on any atom is 0.106 e. The number of aromatic nitrogens is 2. The molecule has 0 aromatic carbocycles. The van der Waals surface area contributed by atoms with Gasteiger partial charge in [0.2, 0.25) is 0 Å². The highest BCUT2D eigenvalue weighted by atomic mass is 14.9. The summed E-state index contributed by atoms with van der Waals surface area (Å²) < 4.78 is 0. The highest BCUT2D eigenvalue weighted by Gasteiger charge is 2.27. The Hall–Kier alpha value is -0.790. The molecule has 0 amide bonds. The molecule has 1 aliphatic rings. The summed E-state index contributed by atoms with van der Waals surface area (Å²) in [6.07, 6.45) is 3.73. The number of imidazole rings is 1. The van der Waals surface area contributed by atoms with E-state index >= 15 is 0 Å². The first kappa shape index (κ1) is 6.89. The molecule has 0 saturated heterocycles. The van der Waals surface area contributed by atoms with Crippen LogP contribution in [0.4, 0.5) is 0 Å². The average Bonchev–Trinajstić information content (AvgIpc) is 2.76. The SMILES string of the molecule is CCc1nc(C)c(C2CC2)[nH]1.